The minimum absolute atomic E-state index is 0.300. The lowest BCUT2D eigenvalue weighted by Gasteiger charge is -2.08. The summed E-state index contributed by atoms with van der Waals surface area (Å²) in [5, 5.41) is 0. The van der Waals surface area contributed by atoms with Gasteiger partial charge in [0.1, 0.15) is 0 Å². The lowest BCUT2D eigenvalue weighted by atomic mass is 10.1. The van der Waals surface area contributed by atoms with Gasteiger partial charge in [-0.05, 0) is 48.5 Å². The topological polar surface area (TPSA) is 84.5 Å². The Hall–Kier alpha value is -2.67. The Morgan fingerprint density at radius 2 is 1.17 bits per heavy atom. The standard InChI is InChI=1S/C16H13BrN2O4/c1-23-16(22)12-4-2-10(3-5-12)14(20)18-19-15(21)11-6-8-13(17)9-7-11/h2-9H,1H3,(H,18,20)(H,19,21). The maximum absolute atomic E-state index is 11.9. The quantitative estimate of drug-likeness (QED) is 0.635. The van der Waals surface area contributed by atoms with Crippen LogP contribution < -0.4 is 10.9 Å². The van der Waals surface area contributed by atoms with Crippen LogP contribution >= 0.6 is 15.9 Å². The molecule has 118 valence electrons. The van der Waals surface area contributed by atoms with Crippen molar-refractivity contribution >= 4 is 33.7 Å². The summed E-state index contributed by atoms with van der Waals surface area (Å²) in [6, 6.07) is 12.6. The predicted molar refractivity (Wildman–Crippen MR) is 86.9 cm³/mol. The largest absolute Gasteiger partial charge is 0.465 e. The molecule has 0 saturated carbocycles. The number of carbonyl (C=O) groups is 3. The summed E-state index contributed by atoms with van der Waals surface area (Å²) in [4.78, 5) is 35.1. The average Bonchev–Trinajstić information content (AvgIpc) is 2.59. The van der Waals surface area contributed by atoms with Crippen molar-refractivity contribution < 1.29 is 19.1 Å². The van der Waals surface area contributed by atoms with E-state index in [4.69, 9.17) is 0 Å². The van der Waals surface area contributed by atoms with Gasteiger partial charge in [-0.3, -0.25) is 20.4 Å². The minimum Gasteiger partial charge on any atom is -0.465 e. The fourth-order valence-corrected chi connectivity index (χ4v) is 2.00. The van der Waals surface area contributed by atoms with Gasteiger partial charge < -0.3 is 4.74 Å². The van der Waals surface area contributed by atoms with E-state index < -0.39 is 17.8 Å². The zero-order chi connectivity index (χ0) is 16.8. The molecule has 0 aliphatic rings. The number of methoxy groups -OCH3 is 1. The van der Waals surface area contributed by atoms with E-state index in [-0.39, 0.29) is 0 Å². The third kappa shape index (κ3) is 4.40. The number of ether oxygens (including phenoxy) is 1. The molecule has 0 bridgehead atoms. The first-order valence-electron chi connectivity index (χ1n) is 6.56. The molecule has 6 nitrogen and oxygen atoms in total. The van der Waals surface area contributed by atoms with Gasteiger partial charge in [0, 0.05) is 15.6 Å². The maximum Gasteiger partial charge on any atom is 0.337 e. The highest BCUT2D eigenvalue weighted by Gasteiger charge is 2.10. The monoisotopic (exact) mass is 376 g/mol. The number of rotatable bonds is 3. The molecule has 23 heavy (non-hydrogen) atoms. The van der Waals surface area contributed by atoms with Crippen molar-refractivity contribution in [3.8, 4) is 0 Å². The lowest BCUT2D eigenvalue weighted by molar-refractivity contribution is 0.0600. The van der Waals surface area contributed by atoms with Crippen LogP contribution in [0.1, 0.15) is 31.1 Å². The number of nitrogens with one attached hydrogen (secondary N) is 2. The van der Waals surface area contributed by atoms with Gasteiger partial charge in [0.05, 0.1) is 12.7 Å². The van der Waals surface area contributed by atoms with Gasteiger partial charge in [-0.25, -0.2) is 4.79 Å². The molecule has 0 aliphatic carbocycles. The van der Waals surface area contributed by atoms with E-state index in [0.717, 1.165) is 4.47 Å². The van der Waals surface area contributed by atoms with Crippen LogP contribution in [0.25, 0.3) is 0 Å². The van der Waals surface area contributed by atoms with Crippen LogP contribution in [0.5, 0.6) is 0 Å². The smallest absolute Gasteiger partial charge is 0.337 e. The van der Waals surface area contributed by atoms with Crippen LogP contribution in [0.15, 0.2) is 53.0 Å². The summed E-state index contributed by atoms with van der Waals surface area (Å²) in [5.41, 5.74) is 5.68. The Morgan fingerprint density at radius 3 is 1.61 bits per heavy atom. The molecular formula is C16H13BrN2O4. The van der Waals surface area contributed by atoms with E-state index in [2.05, 4.69) is 31.5 Å². The molecule has 2 rings (SSSR count). The van der Waals surface area contributed by atoms with Gasteiger partial charge in [-0.1, -0.05) is 15.9 Å². The Kier molecular flexibility index (Phi) is 5.48. The van der Waals surface area contributed by atoms with Crippen molar-refractivity contribution in [2.45, 2.75) is 0 Å². The Labute approximate surface area is 140 Å². The SMILES string of the molecule is COC(=O)c1ccc(C(=O)NNC(=O)c2ccc(Br)cc2)cc1. The van der Waals surface area contributed by atoms with Crippen molar-refractivity contribution in [1.29, 1.82) is 0 Å². The Balaban J connectivity index is 1.95. The van der Waals surface area contributed by atoms with E-state index in [9.17, 15) is 14.4 Å². The molecule has 2 aromatic rings. The predicted octanol–water partition coefficient (Wildman–Crippen LogP) is 2.31. The second-order valence-electron chi connectivity index (χ2n) is 4.48. The number of amides is 2. The summed E-state index contributed by atoms with van der Waals surface area (Å²) in [7, 11) is 1.28. The third-order valence-electron chi connectivity index (χ3n) is 2.96. The Morgan fingerprint density at radius 1 is 0.783 bits per heavy atom. The van der Waals surface area contributed by atoms with E-state index >= 15 is 0 Å². The number of hydrogen-bond donors (Lipinski definition) is 2. The summed E-state index contributed by atoms with van der Waals surface area (Å²) in [6.07, 6.45) is 0. The number of carbonyl (C=O) groups excluding carboxylic acids is 3. The molecule has 2 N–H and O–H groups in total. The van der Waals surface area contributed by atoms with Gasteiger partial charge in [0.25, 0.3) is 11.8 Å². The molecule has 0 atom stereocenters. The molecule has 0 aromatic heterocycles. The second kappa shape index (κ2) is 7.55. The second-order valence-corrected chi connectivity index (χ2v) is 5.40. The van der Waals surface area contributed by atoms with Gasteiger partial charge in [-0.2, -0.15) is 0 Å². The number of benzene rings is 2. The van der Waals surface area contributed by atoms with Crippen LogP contribution in [-0.2, 0) is 4.74 Å². The molecular weight excluding hydrogens is 364 g/mol. The van der Waals surface area contributed by atoms with E-state index in [1.165, 1.54) is 31.4 Å². The van der Waals surface area contributed by atoms with Gasteiger partial charge >= 0.3 is 5.97 Å². The minimum atomic E-state index is -0.494. The molecule has 7 heteroatoms. The van der Waals surface area contributed by atoms with Crippen LogP contribution in [0, 0.1) is 0 Å². The first kappa shape index (κ1) is 16.7. The maximum atomic E-state index is 11.9. The fourth-order valence-electron chi connectivity index (χ4n) is 1.73. The highest BCUT2D eigenvalue weighted by atomic mass is 79.9. The third-order valence-corrected chi connectivity index (χ3v) is 3.49. The van der Waals surface area contributed by atoms with Crippen molar-refractivity contribution in [3.63, 3.8) is 0 Å². The van der Waals surface area contributed by atoms with Crippen molar-refractivity contribution in [1.82, 2.24) is 10.9 Å². The molecule has 0 spiro atoms. The molecule has 0 aliphatic heterocycles. The molecule has 0 heterocycles. The normalized spacial score (nSPS) is 9.83. The summed E-state index contributed by atoms with van der Waals surface area (Å²) < 4.78 is 5.42. The Bertz CT molecular complexity index is 727. The molecule has 0 saturated heterocycles. The summed E-state index contributed by atoms with van der Waals surface area (Å²) in [5.74, 6) is -1.41. The zero-order valence-corrected chi connectivity index (χ0v) is 13.7. The lowest BCUT2D eigenvalue weighted by Crippen LogP contribution is -2.41. The fraction of sp³-hybridized carbons (Fsp3) is 0.0625. The number of hydrogen-bond acceptors (Lipinski definition) is 4. The summed E-state index contributed by atoms with van der Waals surface area (Å²) >= 11 is 3.27. The molecule has 2 aromatic carbocycles. The zero-order valence-electron chi connectivity index (χ0n) is 12.1. The van der Waals surface area contributed by atoms with Crippen LogP contribution in [-0.4, -0.2) is 24.9 Å². The van der Waals surface area contributed by atoms with Gasteiger partial charge in [0.15, 0.2) is 0 Å². The van der Waals surface area contributed by atoms with E-state index in [1.54, 1.807) is 24.3 Å². The first-order valence-corrected chi connectivity index (χ1v) is 7.35. The highest BCUT2D eigenvalue weighted by molar-refractivity contribution is 9.10. The van der Waals surface area contributed by atoms with Crippen molar-refractivity contribution in [2.24, 2.45) is 0 Å². The average molecular weight is 377 g/mol. The van der Waals surface area contributed by atoms with Crippen LogP contribution in [0.2, 0.25) is 0 Å². The number of halogens is 1. The van der Waals surface area contributed by atoms with Crippen LogP contribution in [0.3, 0.4) is 0 Å². The van der Waals surface area contributed by atoms with Crippen molar-refractivity contribution in [2.75, 3.05) is 7.11 Å². The first-order chi connectivity index (χ1) is 11.0. The van der Waals surface area contributed by atoms with Crippen molar-refractivity contribution in [3.05, 3.63) is 69.7 Å². The van der Waals surface area contributed by atoms with Crippen LogP contribution in [0.4, 0.5) is 0 Å². The van der Waals surface area contributed by atoms with E-state index in [1.807, 2.05) is 0 Å². The molecule has 0 radical (unpaired) electrons. The van der Waals surface area contributed by atoms with Gasteiger partial charge in [0.2, 0.25) is 0 Å². The number of esters is 1. The van der Waals surface area contributed by atoms with E-state index in [0.29, 0.717) is 16.7 Å². The number of hydrazine groups is 1. The molecule has 0 unspecified atom stereocenters. The summed E-state index contributed by atoms with van der Waals surface area (Å²) in [6.45, 7) is 0. The molecule has 0 fully saturated rings. The molecule has 2 amide bonds. The van der Waals surface area contributed by atoms with Gasteiger partial charge in [-0.15, -0.1) is 0 Å². The highest BCUT2D eigenvalue weighted by Crippen LogP contribution is 2.10.